The first-order chi connectivity index (χ1) is 13.9. The lowest BCUT2D eigenvalue weighted by Gasteiger charge is -2.35. The Morgan fingerprint density at radius 3 is 2.72 bits per heavy atom. The van der Waals surface area contributed by atoms with E-state index in [0.29, 0.717) is 13.0 Å². The Hall–Kier alpha value is -1.28. The van der Waals surface area contributed by atoms with Gasteiger partial charge in [0.05, 0.1) is 16.6 Å². The fourth-order valence-electron chi connectivity index (χ4n) is 5.56. The number of unbranched alkanes of at least 4 members (excludes halogenated alkanes) is 2. The van der Waals surface area contributed by atoms with Crippen LogP contribution in [0.4, 0.5) is 0 Å². The number of aliphatic hydroxyl groups excluding tert-OH is 1. The molecule has 3 rings (SSSR count). The second kappa shape index (κ2) is 9.25. The molecule has 0 aromatic rings. The first-order valence-corrected chi connectivity index (χ1v) is 11.9. The number of rotatable bonds is 10. The van der Waals surface area contributed by atoms with Crippen LogP contribution >= 0.6 is 11.8 Å². The number of fused-ring (bicyclic) bond motifs is 1. The van der Waals surface area contributed by atoms with Crippen LogP contribution in [0, 0.1) is 11.8 Å². The van der Waals surface area contributed by atoms with Crippen LogP contribution in [0.2, 0.25) is 0 Å². The number of carbonyl (C=O) groups is 3. The fourth-order valence-corrected chi connectivity index (χ4v) is 7.78. The highest BCUT2D eigenvalue weighted by Crippen LogP contribution is 2.66. The number of thioether (sulfide) groups is 1. The van der Waals surface area contributed by atoms with Gasteiger partial charge in [0, 0.05) is 31.5 Å². The summed E-state index contributed by atoms with van der Waals surface area (Å²) in [7, 11) is 1.62. The average molecular weight is 426 g/mol. The molecule has 164 valence electrons. The topological polar surface area (TPSA) is 98.7 Å². The highest BCUT2D eigenvalue weighted by molar-refractivity contribution is 8.02. The number of hydrogen-bond donors (Lipinski definition) is 3. The molecule has 0 radical (unpaired) electrons. The van der Waals surface area contributed by atoms with E-state index in [9.17, 15) is 14.4 Å². The van der Waals surface area contributed by atoms with Crippen molar-refractivity contribution in [3.05, 3.63) is 0 Å². The second-order valence-electron chi connectivity index (χ2n) is 8.68. The Morgan fingerprint density at radius 2 is 2.07 bits per heavy atom. The smallest absolute Gasteiger partial charge is 0.244 e. The van der Waals surface area contributed by atoms with E-state index >= 15 is 0 Å². The van der Waals surface area contributed by atoms with Gasteiger partial charge in [-0.25, -0.2) is 0 Å². The number of carbonyl (C=O) groups excluding carboxylic acids is 3. The summed E-state index contributed by atoms with van der Waals surface area (Å²) in [6.45, 7) is 4.73. The van der Waals surface area contributed by atoms with Gasteiger partial charge in [0.1, 0.15) is 6.04 Å². The Morgan fingerprint density at radius 1 is 1.31 bits per heavy atom. The SMILES string of the molecule is CCCC(C)NC(=O)C1N(CCCCCO)C(=O)[C@@H]2[C@@H](C(=O)NC)[C@H]3CCC12S3. The summed E-state index contributed by atoms with van der Waals surface area (Å²) in [5.74, 6) is -0.961. The predicted octanol–water partition coefficient (Wildman–Crippen LogP) is 1.29. The van der Waals surface area contributed by atoms with Crippen LogP contribution in [0.3, 0.4) is 0 Å². The normalized spacial score (nSPS) is 33.7. The highest BCUT2D eigenvalue weighted by Gasteiger charge is 2.73. The molecule has 3 saturated heterocycles. The fraction of sp³-hybridized carbons (Fsp3) is 0.857. The minimum Gasteiger partial charge on any atom is -0.396 e. The molecule has 29 heavy (non-hydrogen) atoms. The van der Waals surface area contributed by atoms with Crippen molar-refractivity contribution in [3.63, 3.8) is 0 Å². The molecule has 3 fully saturated rings. The summed E-state index contributed by atoms with van der Waals surface area (Å²) in [6.07, 6.45) is 5.82. The maximum atomic E-state index is 13.5. The molecule has 3 aliphatic rings. The number of aliphatic hydroxyl groups is 1. The lowest BCUT2D eigenvalue weighted by atomic mass is 9.70. The zero-order chi connectivity index (χ0) is 21.2. The molecular weight excluding hydrogens is 390 g/mol. The van der Waals surface area contributed by atoms with Gasteiger partial charge in [-0.3, -0.25) is 14.4 Å². The quantitative estimate of drug-likeness (QED) is 0.458. The largest absolute Gasteiger partial charge is 0.396 e. The standard InChI is InChI=1S/C21H35N3O4S/c1-4-8-13(2)23-19(27)17-21-10-9-14(29-21)15(18(26)22-3)16(21)20(28)24(17)11-6-5-7-12-25/h13-17,25H,4-12H2,1-3H3,(H,22,26)(H,23,27)/t13?,14-,15+,16+,17?,21?/m1/s1. The van der Waals surface area contributed by atoms with Gasteiger partial charge in [-0.05, 0) is 45.4 Å². The highest BCUT2D eigenvalue weighted by atomic mass is 32.2. The third-order valence-electron chi connectivity index (χ3n) is 6.77. The van der Waals surface area contributed by atoms with Crippen molar-refractivity contribution in [2.24, 2.45) is 11.8 Å². The summed E-state index contributed by atoms with van der Waals surface area (Å²) >= 11 is 1.71. The van der Waals surface area contributed by atoms with E-state index in [1.165, 1.54) is 0 Å². The van der Waals surface area contributed by atoms with Crippen LogP contribution < -0.4 is 10.6 Å². The molecule has 0 aromatic heterocycles. The van der Waals surface area contributed by atoms with Gasteiger partial charge in [-0.2, -0.15) is 0 Å². The maximum Gasteiger partial charge on any atom is 0.244 e. The minimum absolute atomic E-state index is 0.0411. The molecule has 3 aliphatic heterocycles. The molecule has 3 heterocycles. The number of hydrogen-bond acceptors (Lipinski definition) is 5. The number of nitrogens with one attached hydrogen (secondary N) is 2. The van der Waals surface area contributed by atoms with Crippen molar-refractivity contribution in [3.8, 4) is 0 Å². The van der Waals surface area contributed by atoms with Crippen LogP contribution in [-0.4, -0.2) is 70.0 Å². The average Bonchev–Trinajstić information content (AvgIpc) is 3.32. The zero-order valence-corrected chi connectivity index (χ0v) is 18.6. The van der Waals surface area contributed by atoms with Crippen molar-refractivity contribution in [1.82, 2.24) is 15.5 Å². The van der Waals surface area contributed by atoms with E-state index in [0.717, 1.165) is 38.5 Å². The van der Waals surface area contributed by atoms with Crippen LogP contribution in [-0.2, 0) is 14.4 Å². The molecular formula is C21H35N3O4S. The number of amides is 3. The van der Waals surface area contributed by atoms with E-state index in [-0.39, 0.29) is 41.5 Å². The van der Waals surface area contributed by atoms with Crippen LogP contribution in [0.25, 0.3) is 0 Å². The van der Waals surface area contributed by atoms with Crippen molar-refractivity contribution < 1.29 is 19.5 Å². The third kappa shape index (κ3) is 3.90. The molecule has 3 unspecified atom stereocenters. The lowest BCUT2D eigenvalue weighted by molar-refractivity contribution is -0.140. The second-order valence-corrected chi connectivity index (χ2v) is 10.3. The van der Waals surface area contributed by atoms with Gasteiger partial charge < -0.3 is 20.6 Å². The molecule has 8 heteroatoms. The summed E-state index contributed by atoms with van der Waals surface area (Å²) in [4.78, 5) is 41.2. The van der Waals surface area contributed by atoms with Crippen LogP contribution in [0.15, 0.2) is 0 Å². The molecule has 0 aliphatic carbocycles. The van der Waals surface area contributed by atoms with E-state index < -0.39 is 16.7 Å². The molecule has 0 aromatic carbocycles. The molecule has 7 nitrogen and oxygen atoms in total. The summed E-state index contributed by atoms with van der Waals surface area (Å²) in [5, 5.41) is 15.0. The van der Waals surface area contributed by atoms with E-state index in [1.54, 1.807) is 23.7 Å². The van der Waals surface area contributed by atoms with E-state index in [4.69, 9.17) is 5.11 Å². The minimum atomic E-state index is -0.516. The van der Waals surface area contributed by atoms with Gasteiger partial charge >= 0.3 is 0 Å². The Bertz CT molecular complexity index is 645. The summed E-state index contributed by atoms with van der Waals surface area (Å²) in [5.41, 5.74) is 0. The predicted molar refractivity (Wildman–Crippen MR) is 113 cm³/mol. The lowest BCUT2D eigenvalue weighted by Crippen LogP contribution is -2.55. The molecule has 0 saturated carbocycles. The summed E-state index contributed by atoms with van der Waals surface area (Å²) in [6, 6.07) is -0.453. The summed E-state index contributed by atoms with van der Waals surface area (Å²) < 4.78 is -0.494. The first kappa shape index (κ1) is 22.4. The van der Waals surface area contributed by atoms with Gasteiger partial charge in [0.25, 0.3) is 0 Å². The van der Waals surface area contributed by atoms with Gasteiger partial charge in [-0.15, -0.1) is 11.8 Å². The van der Waals surface area contributed by atoms with Crippen LogP contribution in [0.5, 0.6) is 0 Å². The Balaban J connectivity index is 1.87. The van der Waals surface area contributed by atoms with Crippen molar-refractivity contribution in [1.29, 1.82) is 0 Å². The van der Waals surface area contributed by atoms with Crippen molar-refractivity contribution in [2.75, 3.05) is 20.2 Å². The molecule has 6 atom stereocenters. The zero-order valence-electron chi connectivity index (χ0n) is 17.8. The van der Waals surface area contributed by atoms with Gasteiger partial charge in [-0.1, -0.05) is 13.3 Å². The molecule has 3 N–H and O–H groups in total. The third-order valence-corrected chi connectivity index (χ3v) is 8.72. The number of nitrogens with zero attached hydrogens (tertiary/aromatic N) is 1. The molecule has 1 spiro atoms. The number of likely N-dealkylation sites (tertiary alicyclic amines) is 1. The molecule has 3 amide bonds. The Labute approximate surface area is 177 Å². The first-order valence-electron chi connectivity index (χ1n) is 11.0. The Kier molecular flexibility index (Phi) is 7.14. The van der Waals surface area contributed by atoms with Gasteiger partial charge in [0.2, 0.25) is 17.7 Å². The van der Waals surface area contributed by atoms with Gasteiger partial charge in [0.15, 0.2) is 0 Å². The van der Waals surface area contributed by atoms with Crippen LogP contribution in [0.1, 0.15) is 58.8 Å². The molecule has 2 bridgehead atoms. The van der Waals surface area contributed by atoms with Crippen molar-refractivity contribution >= 4 is 29.5 Å². The van der Waals surface area contributed by atoms with E-state index in [2.05, 4.69) is 17.6 Å². The maximum absolute atomic E-state index is 13.5. The monoisotopic (exact) mass is 425 g/mol. The van der Waals surface area contributed by atoms with Crippen molar-refractivity contribution in [2.45, 2.75) is 80.9 Å². The van der Waals surface area contributed by atoms with E-state index in [1.807, 2.05) is 6.92 Å².